The van der Waals surface area contributed by atoms with Gasteiger partial charge in [0.25, 0.3) is 0 Å². The van der Waals surface area contributed by atoms with E-state index in [4.69, 9.17) is 17.0 Å². The molecule has 1 aromatic carbocycles. The highest BCUT2D eigenvalue weighted by atomic mass is 32.1. The largest absolute Gasteiger partial charge is 0.379 e. The summed E-state index contributed by atoms with van der Waals surface area (Å²) >= 11 is 5.21. The molecule has 132 valence electrons. The molecule has 0 saturated carbocycles. The van der Waals surface area contributed by atoms with Crippen LogP contribution in [0.4, 0.5) is 5.69 Å². The van der Waals surface area contributed by atoms with Crippen LogP contribution < -0.4 is 16.0 Å². The molecule has 0 atom stereocenters. The molecule has 6 nitrogen and oxygen atoms in total. The Hall–Kier alpha value is -1.70. The number of aryl methyl sites for hydroxylation is 1. The number of para-hydroxylation sites is 1. The lowest BCUT2D eigenvalue weighted by atomic mass is 10.1. The zero-order valence-corrected chi connectivity index (χ0v) is 15.0. The van der Waals surface area contributed by atoms with Gasteiger partial charge >= 0.3 is 0 Å². The third kappa shape index (κ3) is 6.43. The zero-order chi connectivity index (χ0) is 17.2. The molecule has 1 aromatic rings. The van der Waals surface area contributed by atoms with E-state index in [1.165, 1.54) is 0 Å². The number of thiocarbonyl (C=S) groups is 1. The maximum atomic E-state index is 12.0. The fraction of sp³-hybridized carbons (Fsp3) is 0.529. The summed E-state index contributed by atoms with van der Waals surface area (Å²) < 4.78 is 5.31. The quantitative estimate of drug-likeness (QED) is 0.637. The Morgan fingerprint density at radius 3 is 2.75 bits per heavy atom. The van der Waals surface area contributed by atoms with E-state index in [0.717, 1.165) is 57.1 Å². The molecule has 1 fully saturated rings. The highest BCUT2D eigenvalue weighted by Gasteiger charge is 2.10. The number of morpholine rings is 1. The van der Waals surface area contributed by atoms with E-state index in [0.29, 0.717) is 5.11 Å². The number of ether oxygens (including phenoxy) is 1. The minimum absolute atomic E-state index is 0.103. The Kier molecular flexibility index (Phi) is 7.94. The molecule has 0 bridgehead atoms. The van der Waals surface area contributed by atoms with Crippen molar-refractivity contribution < 1.29 is 9.53 Å². The van der Waals surface area contributed by atoms with Gasteiger partial charge in [0.1, 0.15) is 0 Å². The summed E-state index contributed by atoms with van der Waals surface area (Å²) in [6.45, 7) is 7.40. The van der Waals surface area contributed by atoms with Gasteiger partial charge < -0.3 is 20.7 Å². The standard InChI is InChI=1S/C17H26N4O2S/c1-2-14-5-3-4-6-15(14)20-16(22)13-19-17(24)18-7-8-21-9-11-23-12-10-21/h3-6H,2,7-13H2,1H3,(H,20,22)(H2,18,19,24). The molecule has 0 unspecified atom stereocenters. The van der Waals surface area contributed by atoms with E-state index in [9.17, 15) is 4.79 Å². The van der Waals surface area contributed by atoms with Crippen molar-refractivity contribution in [1.82, 2.24) is 15.5 Å². The first kappa shape index (κ1) is 18.6. The van der Waals surface area contributed by atoms with Gasteiger partial charge in [-0.3, -0.25) is 9.69 Å². The first-order valence-electron chi connectivity index (χ1n) is 8.38. The van der Waals surface area contributed by atoms with Gasteiger partial charge in [0.15, 0.2) is 5.11 Å². The molecule has 1 saturated heterocycles. The van der Waals surface area contributed by atoms with Gasteiger partial charge in [-0.15, -0.1) is 0 Å². The van der Waals surface area contributed by atoms with Gasteiger partial charge in [-0.05, 0) is 30.3 Å². The van der Waals surface area contributed by atoms with Crippen molar-refractivity contribution in [2.75, 3.05) is 51.3 Å². The number of nitrogens with zero attached hydrogens (tertiary/aromatic N) is 1. The molecule has 1 amide bonds. The van der Waals surface area contributed by atoms with Crippen LogP contribution in [0.25, 0.3) is 0 Å². The molecule has 1 aliphatic heterocycles. The smallest absolute Gasteiger partial charge is 0.243 e. The Balaban J connectivity index is 1.63. The second kappa shape index (κ2) is 10.2. The van der Waals surface area contributed by atoms with Crippen molar-refractivity contribution in [3.63, 3.8) is 0 Å². The summed E-state index contributed by atoms with van der Waals surface area (Å²) in [6.07, 6.45) is 0.880. The molecule has 0 aromatic heterocycles. The maximum absolute atomic E-state index is 12.0. The van der Waals surface area contributed by atoms with E-state index >= 15 is 0 Å². The molecule has 0 aliphatic carbocycles. The Morgan fingerprint density at radius 2 is 2.00 bits per heavy atom. The highest BCUT2D eigenvalue weighted by Crippen LogP contribution is 2.14. The van der Waals surface area contributed by atoms with Crippen LogP contribution in [0.3, 0.4) is 0 Å². The third-order valence-electron chi connectivity index (χ3n) is 3.90. The normalized spacial score (nSPS) is 14.9. The number of anilines is 1. The average molecular weight is 350 g/mol. The topological polar surface area (TPSA) is 65.6 Å². The van der Waals surface area contributed by atoms with Crippen LogP contribution in [0.15, 0.2) is 24.3 Å². The number of benzene rings is 1. The summed E-state index contributed by atoms with van der Waals surface area (Å²) in [5.41, 5.74) is 1.98. The fourth-order valence-corrected chi connectivity index (χ4v) is 2.69. The molecule has 24 heavy (non-hydrogen) atoms. The van der Waals surface area contributed by atoms with Crippen molar-refractivity contribution in [2.24, 2.45) is 0 Å². The number of hydrogen-bond donors (Lipinski definition) is 3. The predicted octanol–water partition coefficient (Wildman–Crippen LogP) is 0.984. The van der Waals surface area contributed by atoms with Crippen molar-refractivity contribution in [3.05, 3.63) is 29.8 Å². The van der Waals surface area contributed by atoms with E-state index < -0.39 is 0 Å². The molecule has 1 aliphatic rings. The number of carbonyl (C=O) groups is 1. The second-order valence-corrected chi connectivity index (χ2v) is 6.03. The maximum Gasteiger partial charge on any atom is 0.243 e. The number of carbonyl (C=O) groups excluding carboxylic acids is 1. The zero-order valence-electron chi connectivity index (χ0n) is 14.1. The monoisotopic (exact) mass is 350 g/mol. The van der Waals surface area contributed by atoms with Crippen LogP contribution in [0.5, 0.6) is 0 Å². The van der Waals surface area contributed by atoms with Crippen molar-refractivity contribution in [2.45, 2.75) is 13.3 Å². The summed E-state index contributed by atoms with van der Waals surface area (Å²) in [5.74, 6) is -0.103. The molecule has 0 radical (unpaired) electrons. The van der Waals surface area contributed by atoms with Crippen LogP contribution in [0, 0.1) is 0 Å². The SMILES string of the molecule is CCc1ccccc1NC(=O)CNC(=S)NCCN1CCOCC1. The summed E-state index contributed by atoms with van der Waals surface area (Å²) in [6, 6.07) is 7.82. The molecule has 0 spiro atoms. The lowest BCUT2D eigenvalue weighted by Gasteiger charge is -2.26. The lowest BCUT2D eigenvalue weighted by molar-refractivity contribution is -0.115. The molecule has 1 heterocycles. The Bertz CT molecular complexity index is 547. The van der Waals surface area contributed by atoms with Gasteiger partial charge in [0.05, 0.1) is 19.8 Å². The molecule has 3 N–H and O–H groups in total. The highest BCUT2D eigenvalue weighted by molar-refractivity contribution is 7.80. The van der Waals surface area contributed by atoms with Gasteiger partial charge in [0, 0.05) is 31.9 Å². The Morgan fingerprint density at radius 1 is 1.25 bits per heavy atom. The second-order valence-electron chi connectivity index (χ2n) is 5.62. The van der Waals surface area contributed by atoms with Crippen LogP contribution in [0.1, 0.15) is 12.5 Å². The van der Waals surface area contributed by atoms with E-state index in [-0.39, 0.29) is 12.5 Å². The fourth-order valence-electron chi connectivity index (χ4n) is 2.52. The van der Waals surface area contributed by atoms with Crippen LogP contribution in [-0.2, 0) is 16.0 Å². The first-order valence-corrected chi connectivity index (χ1v) is 8.79. The van der Waals surface area contributed by atoms with E-state index in [1.807, 2.05) is 24.3 Å². The van der Waals surface area contributed by atoms with Crippen molar-refractivity contribution in [1.29, 1.82) is 0 Å². The van der Waals surface area contributed by atoms with Crippen molar-refractivity contribution in [3.8, 4) is 0 Å². The lowest BCUT2D eigenvalue weighted by Crippen LogP contribution is -2.45. The number of hydrogen-bond acceptors (Lipinski definition) is 4. The number of rotatable bonds is 7. The van der Waals surface area contributed by atoms with Gasteiger partial charge in [-0.25, -0.2) is 0 Å². The number of nitrogens with one attached hydrogen (secondary N) is 3. The minimum Gasteiger partial charge on any atom is -0.379 e. The molecular weight excluding hydrogens is 324 g/mol. The van der Waals surface area contributed by atoms with E-state index in [2.05, 4.69) is 27.8 Å². The Labute approximate surface area is 148 Å². The molecule has 2 rings (SSSR count). The molecular formula is C17H26N4O2S. The van der Waals surface area contributed by atoms with E-state index in [1.54, 1.807) is 0 Å². The number of amides is 1. The first-order chi connectivity index (χ1) is 11.7. The average Bonchev–Trinajstić information content (AvgIpc) is 2.61. The minimum atomic E-state index is -0.103. The summed E-state index contributed by atoms with van der Waals surface area (Å²) in [4.78, 5) is 14.3. The van der Waals surface area contributed by atoms with Gasteiger partial charge in [-0.1, -0.05) is 25.1 Å². The van der Waals surface area contributed by atoms with Crippen LogP contribution in [-0.4, -0.2) is 61.9 Å². The van der Waals surface area contributed by atoms with Gasteiger partial charge in [-0.2, -0.15) is 0 Å². The third-order valence-corrected chi connectivity index (χ3v) is 4.19. The molecule has 7 heteroatoms. The van der Waals surface area contributed by atoms with Gasteiger partial charge in [0.2, 0.25) is 5.91 Å². The van der Waals surface area contributed by atoms with Crippen LogP contribution in [0.2, 0.25) is 0 Å². The summed E-state index contributed by atoms with van der Waals surface area (Å²) in [7, 11) is 0. The predicted molar refractivity (Wildman–Crippen MR) is 100 cm³/mol. The summed E-state index contributed by atoms with van der Waals surface area (Å²) in [5, 5.41) is 9.49. The van der Waals surface area contributed by atoms with Crippen LogP contribution >= 0.6 is 12.2 Å². The van der Waals surface area contributed by atoms with Crippen molar-refractivity contribution >= 4 is 28.9 Å².